The van der Waals surface area contributed by atoms with Crippen LogP contribution in [0.3, 0.4) is 0 Å². The number of nitrogens with one attached hydrogen (secondary N) is 2. The van der Waals surface area contributed by atoms with Crippen LogP contribution >= 0.6 is 0 Å². The van der Waals surface area contributed by atoms with Gasteiger partial charge in [-0.15, -0.1) is 0 Å². The highest BCUT2D eigenvalue weighted by atomic mass is 16.1. The highest BCUT2D eigenvalue weighted by Gasteiger charge is 2.04. The molecule has 0 unspecified atom stereocenters. The fourth-order valence-electron chi connectivity index (χ4n) is 2.14. The van der Waals surface area contributed by atoms with Crippen LogP contribution in [0.5, 0.6) is 0 Å². The number of H-pyrrole nitrogens is 1. The van der Waals surface area contributed by atoms with Gasteiger partial charge < -0.3 is 21.8 Å². The van der Waals surface area contributed by atoms with Crippen molar-refractivity contribution in [3.8, 4) is 11.1 Å². The number of guanidine groups is 1. The fourth-order valence-corrected chi connectivity index (χ4v) is 2.14. The van der Waals surface area contributed by atoms with Crippen molar-refractivity contribution in [2.45, 2.75) is 54.0 Å². The lowest BCUT2D eigenvalue weighted by Gasteiger charge is -2.06. The van der Waals surface area contributed by atoms with Gasteiger partial charge in [-0.2, -0.15) is 0 Å². The molecule has 1 aromatic carbocycles. The average molecular weight is 389 g/mol. The Labute approximate surface area is 168 Å². The standard InChI is InChI=1S/C16H22N6O.C3H8.C2H6/c1-11-21-10-14(15(23)22-11)13-5-3-12(4-6-13)9-19-7-2-8-20-16(17)18;1-3-2;1-2/h3-6,10,19H,2,7-9H2,1H3,(H4,17,18,20)(H,21,22,23);3H2,1-2H3;1-2H3. The number of hydrogen-bond acceptors (Lipinski definition) is 4. The van der Waals surface area contributed by atoms with E-state index >= 15 is 0 Å². The molecule has 0 spiro atoms. The third-order valence-corrected chi connectivity index (χ3v) is 3.33. The van der Waals surface area contributed by atoms with Crippen LogP contribution < -0.4 is 22.3 Å². The maximum atomic E-state index is 11.9. The molecule has 0 atom stereocenters. The van der Waals surface area contributed by atoms with Crippen molar-refractivity contribution < 1.29 is 0 Å². The van der Waals surface area contributed by atoms with E-state index in [-0.39, 0.29) is 11.5 Å². The minimum Gasteiger partial charge on any atom is -0.370 e. The fraction of sp³-hybridized carbons (Fsp3) is 0.476. The molecule has 0 amide bonds. The lowest BCUT2D eigenvalue weighted by Crippen LogP contribution is -2.23. The third kappa shape index (κ3) is 10.5. The Morgan fingerprint density at radius 1 is 1.18 bits per heavy atom. The third-order valence-electron chi connectivity index (χ3n) is 3.33. The van der Waals surface area contributed by atoms with Gasteiger partial charge >= 0.3 is 0 Å². The molecular formula is C21H36N6O. The monoisotopic (exact) mass is 388 g/mol. The Balaban J connectivity index is 0.00000133. The topological polar surface area (TPSA) is 122 Å². The molecule has 0 aliphatic rings. The largest absolute Gasteiger partial charge is 0.370 e. The molecule has 0 saturated heterocycles. The Kier molecular flexibility index (Phi) is 13.9. The second kappa shape index (κ2) is 15.4. The second-order valence-corrected chi connectivity index (χ2v) is 5.95. The van der Waals surface area contributed by atoms with Gasteiger partial charge in [0.25, 0.3) is 5.56 Å². The van der Waals surface area contributed by atoms with E-state index in [2.05, 4.69) is 34.1 Å². The van der Waals surface area contributed by atoms with Crippen molar-refractivity contribution in [1.82, 2.24) is 15.3 Å². The van der Waals surface area contributed by atoms with Crippen LogP contribution in [0.2, 0.25) is 0 Å². The van der Waals surface area contributed by atoms with Crippen molar-refractivity contribution >= 4 is 5.96 Å². The summed E-state index contributed by atoms with van der Waals surface area (Å²) in [6, 6.07) is 7.85. The SMILES string of the molecule is CC.CCC.Cc1ncc(-c2ccc(CNCCCN=C(N)N)cc2)c(=O)[nH]1. The molecule has 156 valence electrons. The van der Waals surface area contributed by atoms with Crippen LogP contribution in [0.1, 0.15) is 51.9 Å². The Bertz CT molecular complexity index is 733. The summed E-state index contributed by atoms with van der Waals surface area (Å²) in [5.74, 6) is 0.737. The van der Waals surface area contributed by atoms with Crippen LogP contribution in [0.4, 0.5) is 0 Å². The summed E-state index contributed by atoms with van der Waals surface area (Å²) in [4.78, 5) is 22.7. The zero-order valence-electron chi connectivity index (χ0n) is 17.9. The predicted molar refractivity (Wildman–Crippen MR) is 119 cm³/mol. The van der Waals surface area contributed by atoms with Gasteiger partial charge in [0.1, 0.15) is 5.82 Å². The van der Waals surface area contributed by atoms with Crippen molar-refractivity contribution in [1.29, 1.82) is 0 Å². The van der Waals surface area contributed by atoms with Crippen molar-refractivity contribution in [3.05, 3.63) is 52.2 Å². The number of aliphatic imine (C=N–C) groups is 1. The molecule has 2 aromatic rings. The highest BCUT2D eigenvalue weighted by molar-refractivity contribution is 5.75. The van der Waals surface area contributed by atoms with E-state index in [0.717, 1.165) is 30.6 Å². The van der Waals surface area contributed by atoms with E-state index < -0.39 is 0 Å². The number of aromatic amines is 1. The van der Waals surface area contributed by atoms with Gasteiger partial charge in [0, 0.05) is 19.3 Å². The Morgan fingerprint density at radius 2 is 1.79 bits per heavy atom. The number of benzene rings is 1. The molecule has 0 fully saturated rings. The molecule has 0 radical (unpaired) electrons. The van der Waals surface area contributed by atoms with E-state index in [0.29, 0.717) is 17.9 Å². The minimum absolute atomic E-state index is 0.122. The summed E-state index contributed by atoms with van der Waals surface area (Å²) in [5, 5.41) is 3.32. The smallest absolute Gasteiger partial charge is 0.258 e. The summed E-state index contributed by atoms with van der Waals surface area (Å²) >= 11 is 0. The van der Waals surface area contributed by atoms with Gasteiger partial charge in [0.05, 0.1) is 5.56 Å². The van der Waals surface area contributed by atoms with Crippen molar-refractivity contribution in [2.75, 3.05) is 13.1 Å². The lowest BCUT2D eigenvalue weighted by molar-refractivity contribution is 0.655. The number of nitrogens with zero attached hydrogens (tertiary/aromatic N) is 2. The molecule has 1 aromatic heterocycles. The molecule has 7 nitrogen and oxygen atoms in total. The molecule has 2 rings (SSSR count). The first-order chi connectivity index (χ1) is 13.5. The molecule has 0 bridgehead atoms. The van der Waals surface area contributed by atoms with Crippen LogP contribution in [-0.2, 0) is 6.54 Å². The van der Waals surface area contributed by atoms with E-state index in [4.69, 9.17) is 11.5 Å². The first kappa shape index (κ1) is 25.3. The van der Waals surface area contributed by atoms with Gasteiger partial charge in [-0.25, -0.2) is 4.98 Å². The normalized spacial score (nSPS) is 9.46. The maximum absolute atomic E-state index is 11.9. The first-order valence-corrected chi connectivity index (χ1v) is 9.89. The minimum atomic E-state index is -0.122. The average Bonchev–Trinajstić information content (AvgIpc) is 2.67. The Hall–Kier alpha value is -2.67. The summed E-state index contributed by atoms with van der Waals surface area (Å²) < 4.78 is 0. The number of rotatable bonds is 7. The molecule has 28 heavy (non-hydrogen) atoms. The van der Waals surface area contributed by atoms with Crippen molar-refractivity contribution in [2.24, 2.45) is 16.5 Å². The molecule has 0 saturated carbocycles. The van der Waals surface area contributed by atoms with Crippen LogP contribution in [0.25, 0.3) is 11.1 Å². The van der Waals surface area contributed by atoms with Gasteiger partial charge in [-0.05, 0) is 31.0 Å². The number of nitrogens with two attached hydrogens (primary N) is 2. The summed E-state index contributed by atoms with van der Waals surface area (Å²) in [5.41, 5.74) is 13.0. The quantitative estimate of drug-likeness (QED) is 0.330. The van der Waals surface area contributed by atoms with Gasteiger partial charge in [-0.1, -0.05) is 58.4 Å². The summed E-state index contributed by atoms with van der Waals surface area (Å²) in [7, 11) is 0. The van der Waals surface area contributed by atoms with Crippen LogP contribution in [0, 0.1) is 6.92 Å². The molecular weight excluding hydrogens is 352 g/mol. The zero-order chi connectivity index (χ0) is 21.4. The van der Waals surface area contributed by atoms with E-state index in [1.54, 1.807) is 13.1 Å². The molecule has 6 N–H and O–H groups in total. The van der Waals surface area contributed by atoms with Crippen LogP contribution in [0.15, 0.2) is 40.2 Å². The van der Waals surface area contributed by atoms with E-state index in [9.17, 15) is 4.79 Å². The molecule has 0 aliphatic carbocycles. The van der Waals surface area contributed by atoms with Crippen LogP contribution in [-0.4, -0.2) is 29.0 Å². The van der Waals surface area contributed by atoms with Gasteiger partial charge in [0.2, 0.25) is 0 Å². The van der Waals surface area contributed by atoms with Crippen molar-refractivity contribution in [3.63, 3.8) is 0 Å². The van der Waals surface area contributed by atoms with E-state index in [1.807, 2.05) is 38.1 Å². The molecule has 1 heterocycles. The van der Waals surface area contributed by atoms with E-state index in [1.165, 1.54) is 6.42 Å². The first-order valence-electron chi connectivity index (χ1n) is 9.89. The summed E-state index contributed by atoms with van der Waals surface area (Å²) in [6.07, 6.45) is 3.73. The van der Waals surface area contributed by atoms with Gasteiger partial charge in [-0.3, -0.25) is 9.79 Å². The number of aromatic nitrogens is 2. The highest BCUT2D eigenvalue weighted by Crippen LogP contribution is 2.15. The number of hydrogen-bond donors (Lipinski definition) is 4. The predicted octanol–water partition coefficient (Wildman–Crippen LogP) is 2.94. The zero-order valence-corrected chi connectivity index (χ0v) is 17.9. The second-order valence-electron chi connectivity index (χ2n) is 5.95. The molecule has 0 aliphatic heterocycles. The van der Waals surface area contributed by atoms with Gasteiger partial charge in [0.15, 0.2) is 5.96 Å². The summed E-state index contributed by atoms with van der Waals surface area (Å²) in [6.45, 7) is 12.2. The maximum Gasteiger partial charge on any atom is 0.258 e. The lowest BCUT2D eigenvalue weighted by atomic mass is 10.1. The Morgan fingerprint density at radius 3 is 2.32 bits per heavy atom. The number of aryl methyl sites for hydroxylation is 1. The molecule has 7 heteroatoms.